The summed E-state index contributed by atoms with van der Waals surface area (Å²) in [4.78, 5) is 8.80. The van der Waals surface area contributed by atoms with Crippen molar-refractivity contribution in [3.63, 3.8) is 0 Å². The van der Waals surface area contributed by atoms with Gasteiger partial charge in [0.2, 0.25) is 15.9 Å². The van der Waals surface area contributed by atoms with E-state index in [9.17, 15) is 8.42 Å². The lowest BCUT2D eigenvalue weighted by Crippen LogP contribution is -2.41. The summed E-state index contributed by atoms with van der Waals surface area (Å²) >= 11 is 0. The second-order valence-electron chi connectivity index (χ2n) is 6.07. The van der Waals surface area contributed by atoms with Gasteiger partial charge in [-0.15, -0.1) is 0 Å². The first-order valence-corrected chi connectivity index (χ1v) is 10.6. The van der Waals surface area contributed by atoms with Gasteiger partial charge in [0.1, 0.15) is 6.26 Å². The summed E-state index contributed by atoms with van der Waals surface area (Å²) in [5.41, 5.74) is 1.64. The average molecular weight is 414 g/mol. The molecule has 3 rings (SSSR count). The van der Waals surface area contributed by atoms with Gasteiger partial charge in [-0.1, -0.05) is 36.4 Å². The van der Waals surface area contributed by atoms with E-state index >= 15 is 0 Å². The number of benzene rings is 2. The van der Waals surface area contributed by atoms with Crippen LogP contribution in [-0.4, -0.2) is 39.5 Å². The summed E-state index contributed by atoms with van der Waals surface area (Å²) < 4.78 is 32.4. The molecule has 0 unspecified atom stereocenters. The average Bonchev–Trinajstić information content (AvgIpc) is 3.23. The fourth-order valence-corrected chi connectivity index (χ4v) is 3.60. The van der Waals surface area contributed by atoms with Crippen molar-refractivity contribution in [2.45, 2.75) is 11.4 Å². The maximum atomic E-state index is 12.2. The van der Waals surface area contributed by atoms with Gasteiger partial charge < -0.3 is 15.1 Å². The first-order chi connectivity index (χ1) is 14.1. The molecule has 0 aliphatic rings. The number of aliphatic imine (C=N–C) groups is 1. The van der Waals surface area contributed by atoms with Gasteiger partial charge in [-0.25, -0.2) is 18.1 Å². The molecule has 0 atom stereocenters. The van der Waals surface area contributed by atoms with Crippen LogP contribution in [0.3, 0.4) is 0 Å². The van der Waals surface area contributed by atoms with Crippen molar-refractivity contribution >= 4 is 16.0 Å². The molecule has 0 bridgehead atoms. The lowest BCUT2D eigenvalue weighted by molar-refractivity contribution is 0.571. The molecule has 3 N–H and O–H groups in total. The van der Waals surface area contributed by atoms with Gasteiger partial charge in [-0.2, -0.15) is 0 Å². The van der Waals surface area contributed by atoms with Crippen LogP contribution in [0.2, 0.25) is 0 Å². The van der Waals surface area contributed by atoms with Crippen LogP contribution >= 0.6 is 0 Å². The molecule has 1 heterocycles. The molecule has 0 aliphatic carbocycles. The van der Waals surface area contributed by atoms with Crippen molar-refractivity contribution in [2.24, 2.45) is 4.99 Å². The second kappa shape index (κ2) is 9.85. The van der Waals surface area contributed by atoms with Gasteiger partial charge in [0.15, 0.2) is 5.96 Å². The third-order valence-electron chi connectivity index (χ3n) is 4.00. The van der Waals surface area contributed by atoms with E-state index in [-0.39, 0.29) is 11.4 Å². The molecule has 1 aromatic heterocycles. The maximum Gasteiger partial charge on any atom is 0.240 e. The number of nitrogens with one attached hydrogen (secondary N) is 3. The Morgan fingerprint density at radius 2 is 1.69 bits per heavy atom. The number of hydrogen-bond donors (Lipinski definition) is 3. The summed E-state index contributed by atoms with van der Waals surface area (Å²) in [6.45, 7) is 1.02. The van der Waals surface area contributed by atoms with E-state index in [0.717, 1.165) is 11.3 Å². The monoisotopic (exact) mass is 413 g/mol. The van der Waals surface area contributed by atoms with Crippen molar-refractivity contribution in [3.05, 3.63) is 72.6 Å². The zero-order chi connectivity index (χ0) is 20.5. The highest BCUT2D eigenvalue weighted by atomic mass is 32.2. The molecule has 0 saturated carbocycles. The van der Waals surface area contributed by atoms with Gasteiger partial charge in [-0.3, -0.25) is 4.99 Å². The van der Waals surface area contributed by atoms with Gasteiger partial charge in [0, 0.05) is 25.7 Å². The molecule has 0 spiro atoms. The van der Waals surface area contributed by atoms with E-state index in [2.05, 4.69) is 25.3 Å². The van der Waals surface area contributed by atoms with E-state index in [1.807, 2.05) is 30.3 Å². The topological polar surface area (TPSA) is 109 Å². The largest absolute Gasteiger partial charge is 0.444 e. The molecular weight excluding hydrogens is 390 g/mol. The summed E-state index contributed by atoms with van der Waals surface area (Å²) in [6.07, 6.45) is 1.59. The number of guanidine groups is 1. The number of aromatic nitrogens is 1. The number of rotatable bonds is 8. The SMILES string of the molecule is CN=C(NCCNS(=O)(=O)c1ccccc1)NCc1coc(-c2ccccc2)n1. The van der Waals surface area contributed by atoms with Crippen LogP contribution in [0.4, 0.5) is 0 Å². The maximum absolute atomic E-state index is 12.2. The molecule has 152 valence electrons. The summed E-state index contributed by atoms with van der Waals surface area (Å²) in [5, 5.41) is 6.17. The van der Waals surface area contributed by atoms with E-state index in [1.165, 1.54) is 0 Å². The zero-order valence-corrected chi connectivity index (χ0v) is 16.8. The lowest BCUT2D eigenvalue weighted by atomic mass is 10.2. The Kier molecular flexibility index (Phi) is 6.99. The van der Waals surface area contributed by atoms with Crippen molar-refractivity contribution in [1.29, 1.82) is 0 Å². The van der Waals surface area contributed by atoms with Crippen molar-refractivity contribution in [1.82, 2.24) is 20.3 Å². The minimum atomic E-state index is -3.52. The predicted molar refractivity (Wildman–Crippen MR) is 112 cm³/mol. The Morgan fingerprint density at radius 3 is 2.38 bits per heavy atom. The van der Waals surface area contributed by atoms with E-state index in [4.69, 9.17) is 4.42 Å². The summed E-state index contributed by atoms with van der Waals surface area (Å²) in [7, 11) is -1.88. The van der Waals surface area contributed by atoms with Crippen LogP contribution in [0.25, 0.3) is 11.5 Å². The lowest BCUT2D eigenvalue weighted by Gasteiger charge is -2.11. The zero-order valence-electron chi connectivity index (χ0n) is 16.0. The first-order valence-electron chi connectivity index (χ1n) is 9.07. The molecule has 0 amide bonds. The van der Waals surface area contributed by atoms with Crippen LogP contribution in [0.5, 0.6) is 0 Å². The smallest absolute Gasteiger partial charge is 0.240 e. The molecule has 0 saturated heterocycles. The molecule has 0 fully saturated rings. The predicted octanol–water partition coefficient (Wildman–Crippen LogP) is 1.99. The van der Waals surface area contributed by atoms with Crippen molar-refractivity contribution in [3.8, 4) is 11.5 Å². The van der Waals surface area contributed by atoms with Crippen LogP contribution in [0.15, 0.2) is 81.2 Å². The van der Waals surface area contributed by atoms with Gasteiger partial charge in [-0.05, 0) is 24.3 Å². The minimum absolute atomic E-state index is 0.222. The van der Waals surface area contributed by atoms with Gasteiger partial charge >= 0.3 is 0 Å². The van der Waals surface area contributed by atoms with Crippen LogP contribution in [-0.2, 0) is 16.6 Å². The van der Waals surface area contributed by atoms with Crippen molar-refractivity contribution in [2.75, 3.05) is 20.1 Å². The Morgan fingerprint density at radius 1 is 1.00 bits per heavy atom. The Labute approximate surface area is 170 Å². The Bertz CT molecular complexity index is 1030. The van der Waals surface area contributed by atoms with Crippen LogP contribution in [0.1, 0.15) is 5.69 Å². The van der Waals surface area contributed by atoms with E-state index in [0.29, 0.717) is 24.9 Å². The molecule has 9 heteroatoms. The molecular formula is C20H23N5O3S. The van der Waals surface area contributed by atoms with Crippen molar-refractivity contribution < 1.29 is 12.8 Å². The van der Waals surface area contributed by atoms with E-state index < -0.39 is 10.0 Å². The van der Waals surface area contributed by atoms with Crippen LogP contribution in [0, 0.1) is 0 Å². The second-order valence-corrected chi connectivity index (χ2v) is 7.84. The molecule has 3 aromatic rings. The normalized spacial score (nSPS) is 12.0. The molecule has 0 aliphatic heterocycles. The Hall–Kier alpha value is -3.17. The number of hydrogen-bond acceptors (Lipinski definition) is 5. The highest BCUT2D eigenvalue weighted by molar-refractivity contribution is 7.89. The quantitative estimate of drug-likeness (QED) is 0.296. The van der Waals surface area contributed by atoms with Gasteiger partial charge in [0.05, 0.1) is 17.1 Å². The van der Waals surface area contributed by atoms with E-state index in [1.54, 1.807) is 43.6 Å². The van der Waals surface area contributed by atoms with Crippen LogP contribution < -0.4 is 15.4 Å². The third kappa shape index (κ3) is 5.90. The fraction of sp³-hybridized carbons (Fsp3) is 0.200. The fourth-order valence-electron chi connectivity index (χ4n) is 2.55. The standard InChI is InChI=1S/C20H23N5O3S/c1-21-20(22-12-13-24-29(26,27)18-10-6-3-7-11-18)23-14-17-15-28-19(25-17)16-8-4-2-5-9-16/h2-11,15,24H,12-14H2,1H3,(H2,21,22,23). The minimum Gasteiger partial charge on any atom is -0.444 e. The Balaban J connectivity index is 1.44. The first kappa shape index (κ1) is 20.6. The molecule has 29 heavy (non-hydrogen) atoms. The third-order valence-corrected chi connectivity index (χ3v) is 5.47. The summed E-state index contributed by atoms with van der Waals surface area (Å²) in [5.74, 6) is 1.09. The summed E-state index contributed by atoms with van der Waals surface area (Å²) in [6, 6.07) is 17.9. The number of oxazole rings is 1. The molecule has 8 nitrogen and oxygen atoms in total. The number of sulfonamides is 1. The number of nitrogens with zero attached hydrogens (tertiary/aromatic N) is 2. The highest BCUT2D eigenvalue weighted by Gasteiger charge is 2.12. The van der Waals surface area contributed by atoms with Gasteiger partial charge in [0.25, 0.3) is 0 Å². The highest BCUT2D eigenvalue weighted by Crippen LogP contribution is 2.17. The molecule has 2 aromatic carbocycles. The molecule has 0 radical (unpaired) electrons.